The van der Waals surface area contributed by atoms with Crippen LogP contribution in [0.3, 0.4) is 0 Å². The van der Waals surface area contributed by atoms with E-state index in [0.29, 0.717) is 6.61 Å². The highest BCUT2D eigenvalue weighted by Gasteiger charge is 2.07. The number of nitrogens with one attached hydrogen (secondary N) is 1. The molecule has 1 aromatic rings. The van der Waals surface area contributed by atoms with Gasteiger partial charge in [-0.25, -0.2) is 0 Å². The molecule has 0 unspecified atom stereocenters. The number of aryl methyl sites for hydroxylation is 1. The lowest BCUT2D eigenvalue weighted by Crippen LogP contribution is -2.20. The topological polar surface area (TPSA) is 48.3 Å². The van der Waals surface area contributed by atoms with Crippen molar-refractivity contribution < 1.29 is 9.47 Å². The molecule has 0 atom stereocenters. The van der Waals surface area contributed by atoms with Crippen LogP contribution in [-0.2, 0) is 18.3 Å². The number of hydrogen-bond donors (Lipinski definition) is 1. The SMILES string of the molecule is COCCNCc1c(OC)cnn1C. The molecule has 14 heavy (non-hydrogen) atoms. The van der Waals surface area contributed by atoms with Crippen LogP contribution in [0.15, 0.2) is 6.20 Å². The first-order valence-corrected chi connectivity index (χ1v) is 4.54. The van der Waals surface area contributed by atoms with Crippen molar-refractivity contribution in [3.8, 4) is 5.75 Å². The molecule has 0 saturated carbocycles. The molecule has 0 amide bonds. The van der Waals surface area contributed by atoms with Gasteiger partial charge in [0.2, 0.25) is 0 Å². The number of rotatable bonds is 6. The van der Waals surface area contributed by atoms with E-state index >= 15 is 0 Å². The lowest BCUT2D eigenvalue weighted by Gasteiger charge is -2.06. The number of methoxy groups -OCH3 is 2. The molecule has 0 fully saturated rings. The Balaban J connectivity index is 2.44. The summed E-state index contributed by atoms with van der Waals surface area (Å²) >= 11 is 0. The molecule has 1 rings (SSSR count). The minimum atomic E-state index is 0.708. The standard InChI is InChI=1S/C9H17N3O2/c1-12-8(6-10-4-5-13-2)9(14-3)7-11-12/h7,10H,4-6H2,1-3H3. The van der Waals surface area contributed by atoms with Crippen LogP contribution in [0, 0.1) is 0 Å². The molecule has 0 aliphatic rings. The van der Waals surface area contributed by atoms with Crippen LogP contribution in [0.2, 0.25) is 0 Å². The predicted octanol–water partition coefficient (Wildman–Crippen LogP) is 0.165. The third-order valence-electron chi connectivity index (χ3n) is 2.02. The molecule has 0 aliphatic carbocycles. The van der Waals surface area contributed by atoms with Crippen LogP contribution in [0.1, 0.15) is 5.69 Å². The van der Waals surface area contributed by atoms with Crippen molar-refractivity contribution in [2.24, 2.45) is 7.05 Å². The van der Waals surface area contributed by atoms with Crippen LogP contribution in [-0.4, -0.2) is 37.2 Å². The number of aromatic nitrogens is 2. The van der Waals surface area contributed by atoms with Gasteiger partial charge in [-0.2, -0.15) is 5.10 Å². The zero-order valence-electron chi connectivity index (χ0n) is 8.91. The fourth-order valence-corrected chi connectivity index (χ4v) is 1.20. The van der Waals surface area contributed by atoms with Crippen molar-refractivity contribution in [1.29, 1.82) is 0 Å². The lowest BCUT2D eigenvalue weighted by molar-refractivity contribution is 0.199. The molecule has 0 bridgehead atoms. The van der Waals surface area contributed by atoms with Gasteiger partial charge in [-0.15, -0.1) is 0 Å². The molecule has 80 valence electrons. The molecule has 0 radical (unpaired) electrons. The third-order valence-corrected chi connectivity index (χ3v) is 2.02. The number of ether oxygens (including phenoxy) is 2. The Morgan fingerprint density at radius 3 is 2.93 bits per heavy atom. The van der Waals surface area contributed by atoms with Gasteiger partial charge in [-0.1, -0.05) is 0 Å². The van der Waals surface area contributed by atoms with Crippen LogP contribution in [0.5, 0.6) is 5.75 Å². The van der Waals surface area contributed by atoms with E-state index in [-0.39, 0.29) is 0 Å². The molecule has 0 aliphatic heterocycles. The van der Waals surface area contributed by atoms with Gasteiger partial charge >= 0.3 is 0 Å². The summed E-state index contributed by atoms with van der Waals surface area (Å²) < 4.78 is 11.9. The maximum absolute atomic E-state index is 5.17. The van der Waals surface area contributed by atoms with Gasteiger partial charge in [0.05, 0.1) is 25.6 Å². The van der Waals surface area contributed by atoms with Gasteiger partial charge in [-0.05, 0) is 0 Å². The van der Waals surface area contributed by atoms with Crippen molar-refractivity contribution in [3.05, 3.63) is 11.9 Å². The molecule has 1 N–H and O–H groups in total. The van der Waals surface area contributed by atoms with E-state index in [2.05, 4.69) is 10.4 Å². The summed E-state index contributed by atoms with van der Waals surface area (Å²) in [7, 11) is 5.23. The fraction of sp³-hybridized carbons (Fsp3) is 0.667. The van der Waals surface area contributed by atoms with Crippen molar-refractivity contribution in [2.75, 3.05) is 27.4 Å². The first-order valence-electron chi connectivity index (χ1n) is 4.54. The summed E-state index contributed by atoms with van der Waals surface area (Å²) in [5.41, 5.74) is 1.05. The number of nitrogens with zero attached hydrogens (tertiary/aromatic N) is 2. The second kappa shape index (κ2) is 5.62. The fourth-order valence-electron chi connectivity index (χ4n) is 1.20. The second-order valence-corrected chi connectivity index (χ2v) is 2.95. The quantitative estimate of drug-likeness (QED) is 0.663. The Bertz CT molecular complexity index is 273. The Labute approximate surface area is 84.0 Å². The van der Waals surface area contributed by atoms with E-state index in [1.54, 1.807) is 25.1 Å². The minimum absolute atomic E-state index is 0.708. The van der Waals surface area contributed by atoms with Crippen LogP contribution in [0.4, 0.5) is 0 Å². The Hall–Kier alpha value is -1.07. The monoisotopic (exact) mass is 199 g/mol. The lowest BCUT2D eigenvalue weighted by atomic mass is 10.4. The van der Waals surface area contributed by atoms with Crippen LogP contribution in [0.25, 0.3) is 0 Å². The Morgan fingerprint density at radius 1 is 1.50 bits per heavy atom. The average Bonchev–Trinajstić information content (AvgIpc) is 2.55. The average molecular weight is 199 g/mol. The molecule has 0 aromatic carbocycles. The molecule has 0 spiro atoms. The molecule has 5 nitrogen and oxygen atoms in total. The normalized spacial score (nSPS) is 10.5. The van der Waals surface area contributed by atoms with E-state index in [0.717, 1.165) is 24.5 Å². The highest BCUT2D eigenvalue weighted by molar-refractivity contribution is 5.24. The van der Waals surface area contributed by atoms with Crippen LogP contribution >= 0.6 is 0 Å². The molecular weight excluding hydrogens is 182 g/mol. The smallest absolute Gasteiger partial charge is 0.161 e. The van der Waals surface area contributed by atoms with E-state index in [9.17, 15) is 0 Å². The summed E-state index contributed by atoms with van der Waals surface area (Å²) in [5, 5.41) is 7.35. The van der Waals surface area contributed by atoms with Crippen LogP contribution < -0.4 is 10.1 Å². The predicted molar refractivity (Wildman–Crippen MR) is 53.3 cm³/mol. The molecule has 0 saturated heterocycles. The van der Waals surface area contributed by atoms with Gasteiger partial charge in [-0.3, -0.25) is 4.68 Å². The van der Waals surface area contributed by atoms with Crippen molar-refractivity contribution in [3.63, 3.8) is 0 Å². The van der Waals surface area contributed by atoms with Gasteiger partial charge in [0.25, 0.3) is 0 Å². The molecule has 5 heteroatoms. The molecule has 1 aromatic heterocycles. The molecular formula is C9H17N3O2. The maximum Gasteiger partial charge on any atom is 0.161 e. The third kappa shape index (κ3) is 2.71. The zero-order valence-corrected chi connectivity index (χ0v) is 8.91. The summed E-state index contributed by atoms with van der Waals surface area (Å²) in [5.74, 6) is 0.817. The van der Waals surface area contributed by atoms with E-state index in [1.165, 1.54) is 0 Å². The first kappa shape index (κ1) is 11.0. The highest BCUT2D eigenvalue weighted by atomic mass is 16.5. The minimum Gasteiger partial charge on any atom is -0.493 e. The highest BCUT2D eigenvalue weighted by Crippen LogP contribution is 2.15. The van der Waals surface area contributed by atoms with Crippen molar-refractivity contribution in [1.82, 2.24) is 15.1 Å². The zero-order chi connectivity index (χ0) is 10.4. The summed E-state index contributed by atoms with van der Waals surface area (Å²) in [6.45, 7) is 2.27. The summed E-state index contributed by atoms with van der Waals surface area (Å²) in [6.07, 6.45) is 1.72. The van der Waals surface area contributed by atoms with E-state index < -0.39 is 0 Å². The van der Waals surface area contributed by atoms with E-state index in [4.69, 9.17) is 9.47 Å². The first-order chi connectivity index (χ1) is 6.79. The largest absolute Gasteiger partial charge is 0.493 e. The summed E-state index contributed by atoms with van der Waals surface area (Å²) in [4.78, 5) is 0. The summed E-state index contributed by atoms with van der Waals surface area (Å²) in [6, 6.07) is 0. The molecule has 1 heterocycles. The van der Waals surface area contributed by atoms with Crippen molar-refractivity contribution >= 4 is 0 Å². The van der Waals surface area contributed by atoms with Gasteiger partial charge in [0.15, 0.2) is 5.75 Å². The second-order valence-electron chi connectivity index (χ2n) is 2.95. The van der Waals surface area contributed by atoms with Gasteiger partial charge in [0, 0.05) is 27.2 Å². The Kier molecular flexibility index (Phi) is 4.42. The van der Waals surface area contributed by atoms with Gasteiger partial charge in [0.1, 0.15) is 0 Å². The Morgan fingerprint density at radius 2 is 2.29 bits per heavy atom. The van der Waals surface area contributed by atoms with Gasteiger partial charge < -0.3 is 14.8 Å². The maximum atomic E-state index is 5.17. The van der Waals surface area contributed by atoms with E-state index in [1.807, 2.05) is 7.05 Å². The number of hydrogen-bond acceptors (Lipinski definition) is 4. The van der Waals surface area contributed by atoms with Crippen molar-refractivity contribution in [2.45, 2.75) is 6.54 Å².